The number of ether oxygens (including phenoxy) is 1. The monoisotopic (exact) mass is 312 g/mol. The summed E-state index contributed by atoms with van der Waals surface area (Å²) in [7, 11) is 1.95. The molecule has 0 N–H and O–H groups in total. The minimum atomic E-state index is 0.103. The summed E-state index contributed by atoms with van der Waals surface area (Å²) in [5.41, 5.74) is 1.89. The molecule has 3 heterocycles. The van der Waals surface area contributed by atoms with Gasteiger partial charge in [-0.15, -0.1) is 10.2 Å². The molecule has 2 aliphatic rings. The Labute approximate surface area is 135 Å². The van der Waals surface area contributed by atoms with E-state index in [0.29, 0.717) is 13.2 Å². The number of hydrogen-bond acceptors (Lipinski definition) is 4. The van der Waals surface area contributed by atoms with Crippen LogP contribution < -0.4 is 4.74 Å². The second-order valence-corrected chi connectivity index (χ2v) is 6.31. The number of amides is 1. The lowest BCUT2D eigenvalue weighted by atomic mass is 9.96. The van der Waals surface area contributed by atoms with Gasteiger partial charge in [0.1, 0.15) is 17.9 Å². The molecule has 1 fully saturated rings. The third-order valence-electron chi connectivity index (χ3n) is 4.76. The van der Waals surface area contributed by atoms with Gasteiger partial charge in [0.05, 0.1) is 6.61 Å². The zero-order chi connectivity index (χ0) is 15.8. The van der Waals surface area contributed by atoms with Crippen LogP contribution in [0.1, 0.15) is 40.5 Å². The molecule has 1 amide bonds. The highest BCUT2D eigenvalue weighted by molar-refractivity contribution is 5.94. The Bertz CT molecular complexity index is 740. The van der Waals surface area contributed by atoms with Crippen LogP contribution >= 0.6 is 0 Å². The average molecular weight is 312 g/mol. The molecule has 2 aromatic rings. The predicted molar refractivity (Wildman–Crippen MR) is 84.5 cm³/mol. The molecule has 6 nitrogen and oxygen atoms in total. The van der Waals surface area contributed by atoms with Crippen LogP contribution in [0.3, 0.4) is 0 Å². The number of likely N-dealkylation sites (tertiary alicyclic amines) is 1. The van der Waals surface area contributed by atoms with Gasteiger partial charge in [0, 0.05) is 38.0 Å². The summed E-state index contributed by atoms with van der Waals surface area (Å²) < 4.78 is 7.46. The van der Waals surface area contributed by atoms with Gasteiger partial charge in [-0.1, -0.05) is 0 Å². The molecule has 1 aromatic carbocycles. The van der Waals surface area contributed by atoms with Gasteiger partial charge in [0.25, 0.3) is 5.91 Å². The highest BCUT2D eigenvalue weighted by Crippen LogP contribution is 2.29. The number of aromatic nitrogens is 3. The lowest BCUT2D eigenvalue weighted by Gasteiger charge is -2.32. The van der Waals surface area contributed by atoms with Gasteiger partial charge in [-0.05, 0) is 36.6 Å². The number of piperidine rings is 1. The molecule has 4 rings (SSSR count). The first-order valence-corrected chi connectivity index (χ1v) is 8.11. The number of nitrogens with zero attached hydrogens (tertiary/aromatic N) is 4. The quantitative estimate of drug-likeness (QED) is 0.848. The molecule has 0 aliphatic carbocycles. The normalized spacial score (nSPS) is 20.2. The van der Waals surface area contributed by atoms with E-state index >= 15 is 0 Å². The SMILES string of the molecule is Cn1cnnc1[C@H]1CCCN(C(=O)c2ccc3c(c2)CCO3)C1. The second-order valence-electron chi connectivity index (χ2n) is 6.31. The molecule has 23 heavy (non-hydrogen) atoms. The van der Waals surface area contributed by atoms with Gasteiger partial charge in [-0.25, -0.2) is 0 Å². The highest BCUT2D eigenvalue weighted by atomic mass is 16.5. The lowest BCUT2D eigenvalue weighted by molar-refractivity contribution is 0.0703. The molecular weight excluding hydrogens is 292 g/mol. The van der Waals surface area contributed by atoms with E-state index in [9.17, 15) is 4.79 Å². The van der Waals surface area contributed by atoms with Crippen molar-refractivity contribution in [3.05, 3.63) is 41.5 Å². The van der Waals surface area contributed by atoms with E-state index in [1.807, 2.05) is 34.7 Å². The summed E-state index contributed by atoms with van der Waals surface area (Å²) >= 11 is 0. The fraction of sp³-hybridized carbons (Fsp3) is 0.471. The smallest absolute Gasteiger partial charge is 0.253 e. The fourth-order valence-electron chi connectivity index (χ4n) is 3.54. The van der Waals surface area contributed by atoms with Crippen LogP contribution in [0.2, 0.25) is 0 Å². The van der Waals surface area contributed by atoms with Crippen molar-refractivity contribution in [2.24, 2.45) is 7.05 Å². The van der Waals surface area contributed by atoms with Crippen molar-refractivity contribution < 1.29 is 9.53 Å². The average Bonchev–Trinajstić information content (AvgIpc) is 3.22. The number of carbonyl (C=O) groups is 1. The number of hydrogen-bond donors (Lipinski definition) is 0. The van der Waals surface area contributed by atoms with Crippen molar-refractivity contribution in [3.8, 4) is 5.75 Å². The van der Waals surface area contributed by atoms with Crippen molar-refractivity contribution in [2.75, 3.05) is 19.7 Å². The third kappa shape index (κ3) is 2.58. The van der Waals surface area contributed by atoms with Crippen LogP contribution in [-0.2, 0) is 13.5 Å². The predicted octanol–water partition coefficient (Wildman–Crippen LogP) is 1.77. The number of carbonyl (C=O) groups excluding carboxylic acids is 1. The summed E-state index contributed by atoms with van der Waals surface area (Å²) in [4.78, 5) is 14.8. The van der Waals surface area contributed by atoms with Crippen molar-refractivity contribution in [1.82, 2.24) is 19.7 Å². The summed E-state index contributed by atoms with van der Waals surface area (Å²) in [6.07, 6.45) is 4.65. The van der Waals surface area contributed by atoms with E-state index in [0.717, 1.165) is 48.5 Å². The molecular formula is C17H20N4O2. The first kappa shape index (κ1) is 14.2. The van der Waals surface area contributed by atoms with Crippen LogP contribution in [0.4, 0.5) is 0 Å². The van der Waals surface area contributed by atoms with Gasteiger partial charge < -0.3 is 14.2 Å². The van der Waals surface area contributed by atoms with Gasteiger partial charge in [-0.3, -0.25) is 4.79 Å². The van der Waals surface area contributed by atoms with E-state index in [1.165, 1.54) is 0 Å². The Balaban J connectivity index is 1.53. The first-order chi connectivity index (χ1) is 11.2. The Kier molecular flexibility index (Phi) is 3.52. The Hall–Kier alpha value is -2.37. The number of fused-ring (bicyclic) bond motifs is 1. The standard InChI is InChI=1S/C17H20N4O2/c1-20-11-18-19-16(20)14-3-2-7-21(10-14)17(22)13-4-5-15-12(9-13)6-8-23-15/h4-5,9,11,14H,2-3,6-8,10H2,1H3/t14-/m0/s1. The lowest BCUT2D eigenvalue weighted by Crippen LogP contribution is -2.39. The van der Waals surface area contributed by atoms with E-state index in [4.69, 9.17) is 4.74 Å². The van der Waals surface area contributed by atoms with Gasteiger partial charge in [0.15, 0.2) is 0 Å². The van der Waals surface area contributed by atoms with Gasteiger partial charge in [0.2, 0.25) is 0 Å². The number of rotatable bonds is 2. The van der Waals surface area contributed by atoms with Crippen molar-refractivity contribution in [2.45, 2.75) is 25.2 Å². The molecule has 120 valence electrons. The van der Waals surface area contributed by atoms with E-state index < -0.39 is 0 Å². The minimum Gasteiger partial charge on any atom is -0.493 e. The fourth-order valence-corrected chi connectivity index (χ4v) is 3.54. The summed E-state index contributed by atoms with van der Waals surface area (Å²) in [5, 5.41) is 8.17. The highest BCUT2D eigenvalue weighted by Gasteiger charge is 2.28. The minimum absolute atomic E-state index is 0.103. The summed E-state index contributed by atoms with van der Waals surface area (Å²) in [5.74, 6) is 2.24. The second kappa shape index (κ2) is 5.68. The Morgan fingerprint density at radius 1 is 1.39 bits per heavy atom. The topological polar surface area (TPSA) is 60.2 Å². The van der Waals surface area contributed by atoms with E-state index in [2.05, 4.69) is 10.2 Å². The number of aryl methyl sites for hydroxylation is 1. The van der Waals surface area contributed by atoms with Crippen molar-refractivity contribution in [1.29, 1.82) is 0 Å². The Morgan fingerprint density at radius 3 is 3.13 bits per heavy atom. The summed E-state index contributed by atoms with van der Waals surface area (Å²) in [6, 6.07) is 5.77. The maximum absolute atomic E-state index is 12.8. The van der Waals surface area contributed by atoms with E-state index in [1.54, 1.807) is 6.33 Å². The molecule has 2 aliphatic heterocycles. The molecule has 0 saturated carbocycles. The number of benzene rings is 1. The molecule has 0 bridgehead atoms. The summed E-state index contributed by atoms with van der Waals surface area (Å²) in [6.45, 7) is 2.23. The van der Waals surface area contributed by atoms with Gasteiger partial charge in [-0.2, -0.15) is 0 Å². The van der Waals surface area contributed by atoms with Crippen molar-refractivity contribution in [3.63, 3.8) is 0 Å². The van der Waals surface area contributed by atoms with Crippen LogP contribution in [0.15, 0.2) is 24.5 Å². The first-order valence-electron chi connectivity index (χ1n) is 8.11. The van der Waals surface area contributed by atoms with Crippen LogP contribution in [0.25, 0.3) is 0 Å². The van der Waals surface area contributed by atoms with Gasteiger partial charge >= 0.3 is 0 Å². The zero-order valence-corrected chi connectivity index (χ0v) is 13.2. The molecule has 1 saturated heterocycles. The van der Waals surface area contributed by atoms with Crippen LogP contribution in [0, 0.1) is 0 Å². The third-order valence-corrected chi connectivity index (χ3v) is 4.76. The Morgan fingerprint density at radius 2 is 2.30 bits per heavy atom. The maximum atomic E-state index is 12.8. The molecule has 1 aromatic heterocycles. The molecule has 0 unspecified atom stereocenters. The largest absolute Gasteiger partial charge is 0.493 e. The van der Waals surface area contributed by atoms with E-state index in [-0.39, 0.29) is 11.8 Å². The zero-order valence-electron chi connectivity index (χ0n) is 13.2. The van der Waals surface area contributed by atoms with Crippen molar-refractivity contribution >= 4 is 5.91 Å². The molecule has 0 radical (unpaired) electrons. The maximum Gasteiger partial charge on any atom is 0.253 e. The van der Waals surface area contributed by atoms with Crippen LogP contribution in [-0.4, -0.2) is 45.3 Å². The van der Waals surface area contributed by atoms with Crippen LogP contribution in [0.5, 0.6) is 5.75 Å². The molecule has 6 heteroatoms. The molecule has 1 atom stereocenters. The molecule has 0 spiro atoms.